The van der Waals surface area contributed by atoms with Crippen LogP contribution in [0.4, 0.5) is 11.5 Å². The van der Waals surface area contributed by atoms with Gasteiger partial charge in [-0.05, 0) is 48.5 Å². The van der Waals surface area contributed by atoms with Gasteiger partial charge in [0.25, 0.3) is 17.7 Å². The average Bonchev–Trinajstić information content (AvgIpc) is 3.45. The maximum absolute atomic E-state index is 12.6. The van der Waals surface area contributed by atoms with Crippen molar-refractivity contribution in [3.63, 3.8) is 0 Å². The SMILES string of the molecule is N#Cc1cnn(-c2ccccc2)c1NC(=O)COC(=O)c1ccc(N2C(=O)c3ccccc3C2=O)cc1. The first-order valence-electron chi connectivity index (χ1n) is 11.1. The molecule has 0 atom stereocenters. The lowest BCUT2D eigenvalue weighted by Gasteiger charge is -2.14. The summed E-state index contributed by atoms with van der Waals surface area (Å²) in [7, 11) is 0. The molecule has 0 bridgehead atoms. The number of imide groups is 1. The predicted octanol–water partition coefficient (Wildman–Crippen LogP) is 3.34. The summed E-state index contributed by atoms with van der Waals surface area (Å²) in [5, 5.41) is 16.1. The summed E-state index contributed by atoms with van der Waals surface area (Å²) in [5.41, 5.74) is 1.84. The van der Waals surface area contributed by atoms with E-state index >= 15 is 0 Å². The number of carbonyl (C=O) groups is 4. The minimum atomic E-state index is -0.777. The van der Waals surface area contributed by atoms with Crippen molar-refractivity contribution in [2.75, 3.05) is 16.8 Å². The highest BCUT2D eigenvalue weighted by Crippen LogP contribution is 2.28. The van der Waals surface area contributed by atoms with Gasteiger partial charge >= 0.3 is 5.97 Å². The molecular weight excluding hydrogens is 474 g/mol. The molecular formula is C27H17N5O5. The number of nitrogens with one attached hydrogen (secondary N) is 1. The van der Waals surface area contributed by atoms with Gasteiger partial charge in [-0.25, -0.2) is 14.4 Å². The van der Waals surface area contributed by atoms with Gasteiger partial charge in [-0.3, -0.25) is 14.4 Å². The lowest BCUT2D eigenvalue weighted by molar-refractivity contribution is -0.119. The monoisotopic (exact) mass is 491 g/mol. The molecule has 1 aliphatic rings. The number of amides is 3. The predicted molar refractivity (Wildman–Crippen MR) is 131 cm³/mol. The molecule has 1 N–H and O–H groups in total. The van der Waals surface area contributed by atoms with Gasteiger partial charge in [0.1, 0.15) is 11.6 Å². The largest absolute Gasteiger partial charge is 0.452 e. The van der Waals surface area contributed by atoms with Gasteiger partial charge in [-0.2, -0.15) is 10.4 Å². The van der Waals surface area contributed by atoms with E-state index in [1.807, 2.05) is 12.1 Å². The molecule has 5 rings (SSSR count). The Morgan fingerprint density at radius 2 is 1.49 bits per heavy atom. The smallest absolute Gasteiger partial charge is 0.338 e. The Balaban J connectivity index is 1.23. The number of anilines is 2. The van der Waals surface area contributed by atoms with E-state index in [0.717, 1.165) is 4.90 Å². The van der Waals surface area contributed by atoms with Gasteiger partial charge in [0, 0.05) is 0 Å². The van der Waals surface area contributed by atoms with E-state index in [9.17, 15) is 24.4 Å². The maximum atomic E-state index is 12.6. The molecule has 37 heavy (non-hydrogen) atoms. The van der Waals surface area contributed by atoms with E-state index in [1.165, 1.54) is 35.1 Å². The number of esters is 1. The fourth-order valence-electron chi connectivity index (χ4n) is 3.87. The molecule has 3 amide bonds. The Bertz CT molecular complexity index is 1550. The van der Waals surface area contributed by atoms with E-state index in [2.05, 4.69) is 10.4 Å². The molecule has 0 saturated carbocycles. The lowest BCUT2D eigenvalue weighted by Crippen LogP contribution is -2.29. The van der Waals surface area contributed by atoms with Gasteiger partial charge in [0.15, 0.2) is 12.4 Å². The zero-order valence-corrected chi connectivity index (χ0v) is 19.1. The number of ether oxygens (including phenoxy) is 1. The van der Waals surface area contributed by atoms with Crippen LogP contribution in [0.25, 0.3) is 5.69 Å². The fraction of sp³-hybridized carbons (Fsp3) is 0.0370. The molecule has 0 radical (unpaired) electrons. The van der Waals surface area contributed by atoms with Gasteiger partial charge in [-0.15, -0.1) is 0 Å². The van der Waals surface area contributed by atoms with Gasteiger partial charge in [0.05, 0.1) is 34.3 Å². The van der Waals surface area contributed by atoms with Gasteiger partial charge < -0.3 is 10.1 Å². The van der Waals surface area contributed by atoms with E-state index in [-0.39, 0.29) is 16.9 Å². The minimum absolute atomic E-state index is 0.125. The van der Waals surface area contributed by atoms with Crippen molar-refractivity contribution in [2.45, 2.75) is 0 Å². The molecule has 0 spiro atoms. The van der Waals surface area contributed by atoms with Crippen molar-refractivity contribution in [1.29, 1.82) is 5.26 Å². The highest BCUT2D eigenvalue weighted by molar-refractivity contribution is 6.34. The number of rotatable bonds is 6. The standard InChI is InChI=1S/C27H17N5O5/c28-14-18-15-29-32(20-6-2-1-3-7-20)24(18)30-23(33)16-37-27(36)17-10-12-19(13-11-17)31-25(34)21-8-4-5-9-22(21)26(31)35/h1-13,15H,16H2,(H,30,33). The van der Waals surface area contributed by atoms with Crippen LogP contribution in [0.15, 0.2) is 85.1 Å². The third-order valence-corrected chi connectivity index (χ3v) is 5.64. The Hall–Kier alpha value is -5.56. The second-order valence-corrected chi connectivity index (χ2v) is 7.93. The number of aromatic nitrogens is 2. The number of hydrogen-bond donors (Lipinski definition) is 1. The Morgan fingerprint density at radius 3 is 2.11 bits per heavy atom. The van der Waals surface area contributed by atoms with Crippen LogP contribution in [-0.2, 0) is 9.53 Å². The number of para-hydroxylation sites is 1. The van der Waals surface area contributed by atoms with Gasteiger partial charge in [-0.1, -0.05) is 30.3 Å². The summed E-state index contributed by atoms with van der Waals surface area (Å²) >= 11 is 0. The van der Waals surface area contributed by atoms with Crippen LogP contribution in [0, 0.1) is 11.3 Å². The first kappa shape index (κ1) is 23.2. The van der Waals surface area contributed by atoms with Crippen molar-refractivity contribution in [2.24, 2.45) is 0 Å². The van der Waals surface area contributed by atoms with Crippen molar-refractivity contribution < 1.29 is 23.9 Å². The second kappa shape index (κ2) is 9.59. The number of carbonyl (C=O) groups excluding carboxylic acids is 4. The van der Waals surface area contributed by atoms with Crippen LogP contribution in [0.3, 0.4) is 0 Å². The van der Waals surface area contributed by atoms with Crippen LogP contribution in [0.2, 0.25) is 0 Å². The number of nitriles is 1. The van der Waals surface area contributed by atoms with Crippen molar-refractivity contribution >= 4 is 35.2 Å². The molecule has 2 heterocycles. The minimum Gasteiger partial charge on any atom is -0.452 e. The first-order chi connectivity index (χ1) is 18.0. The molecule has 1 aliphatic heterocycles. The summed E-state index contributed by atoms with van der Waals surface area (Å²) < 4.78 is 6.50. The second-order valence-electron chi connectivity index (χ2n) is 7.93. The number of fused-ring (bicyclic) bond motifs is 1. The number of nitrogens with zero attached hydrogens (tertiary/aromatic N) is 4. The van der Waals surface area contributed by atoms with Gasteiger partial charge in [0.2, 0.25) is 0 Å². The Kier molecular flexibility index (Phi) is 6.01. The number of hydrogen-bond acceptors (Lipinski definition) is 7. The maximum Gasteiger partial charge on any atom is 0.338 e. The van der Waals surface area contributed by atoms with Crippen LogP contribution in [0.1, 0.15) is 36.6 Å². The molecule has 0 aliphatic carbocycles. The third-order valence-electron chi connectivity index (χ3n) is 5.64. The van der Waals surface area contributed by atoms with E-state index in [4.69, 9.17) is 4.74 Å². The highest BCUT2D eigenvalue weighted by atomic mass is 16.5. The topological polar surface area (TPSA) is 134 Å². The zero-order valence-electron chi connectivity index (χ0n) is 19.1. The Labute approximate surface area is 210 Å². The van der Waals surface area contributed by atoms with Crippen LogP contribution in [0.5, 0.6) is 0 Å². The van der Waals surface area contributed by atoms with Crippen LogP contribution in [-0.4, -0.2) is 40.1 Å². The normalized spacial score (nSPS) is 12.1. The molecule has 0 fully saturated rings. The molecule has 0 saturated heterocycles. The third kappa shape index (κ3) is 4.33. The molecule has 3 aromatic carbocycles. The molecule has 10 nitrogen and oxygen atoms in total. The highest BCUT2D eigenvalue weighted by Gasteiger charge is 2.36. The molecule has 4 aromatic rings. The molecule has 180 valence electrons. The Morgan fingerprint density at radius 1 is 0.865 bits per heavy atom. The van der Waals surface area contributed by atoms with Crippen LogP contribution < -0.4 is 10.2 Å². The summed E-state index contributed by atoms with van der Waals surface area (Å²) in [5.74, 6) is -2.18. The summed E-state index contributed by atoms with van der Waals surface area (Å²) in [6.07, 6.45) is 1.32. The quantitative estimate of drug-likeness (QED) is 0.323. The number of benzene rings is 3. The van der Waals surface area contributed by atoms with Crippen LogP contribution >= 0.6 is 0 Å². The van der Waals surface area contributed by atoms with E-state index in [1.54, 1.807) is 48.5 Å². The molecule has 0 unspecified atom stereocenters. The summed E-state index contributed by atoms with van der Waals surface area (Å²) in [6, 6.07) is 23.1. The molecule has 10 heteroatoms. The average molecular weight is 491 g/mol. The summed E-state index contributed by atoms with van der Waals surface area (Å²) in [6.45, 7) is -0.607. The fourth-order valence-corrected chi connectivity index (χ4v) is 3.87. The van der Waals surface area contributed by atoms with E-state index in [0.29, 0.717) is 22.5 Å². The summed E-state index contributed by atoms with van der Waals surface area (Å²) in [4.78, 5) is 51.3. The van der Waals surface area contributed by atoms with Crippen molar-refractivity contribution in [3.05, 3.63) is 107 Å². The zero-order chi connectivity index (χ0) is 25.9. The van der Waals surface area contributed by atoms with Crippen molar-refractivity contribution in [3.8, 4) is 11.8 Å². The first-order valence-corrected chi connectivity index (χ1v) is 11.1. The molecule has 1 aromatic heterocycles. The van der Waals surface area contributed by atoms with Crippen molar-refractivity contribution in [1.82, 2.24) is 9.78 Å². The lowest BCUT2D eigenvalue weighted by atomic mass is 10.1. The van der Waals surface area contributed by atoms with E-state index < -0.39 is 30.3 Å².